The van der Waals surface area contributed by atoms with Crippen molar-refractivity contribution in [3.05, 3.63) is 0 Å². The molecule has 0 saturated carbocycles. The summed E-state index contributed by atoms with van der Waals surface area (Å²) in [4.78, 5) is 12.9. The lowest BCUT2D eigenvalue weighted by molar-refractivity contribution is -0.130. The van der Waals surface area contributed by atoms with Gasteiger partial charge < -0.3 is 24.4 Å². The lowest BCUT2D eigenvalue weighted by Crippen LogP contribution is -2.29. The molecule has 19 heavy (non-hydrogen) atoms. The first-order valence-electron chi connectivity index (χ1n) is 6.84. The van der Waals surface area contributed by atoms with Gasteiger partial charge in [-0.15, -0.1) is 0 Å². The van der Waals surface area contributed by atoms with Crippen molar-refractivity contribution in [3.8, 4) is 0 Å². The maximum atomic E-state index is 11.3. The molecule has 0 heterocycles. The zero-order chi connectivity index (χ0) is 14.3. The van der Waals surface area contributed by atoms with Crippen LogP contribution in [0.3, 0.4) is 0 Å². The third-order valence-electron chi connectivity index (χ3n) is 2.54. The number of hydrogen-bond donors (Lipinski definition) is 1. The summed E-state index contributed by atoms with van der Waals surface area (Å²) in [6.07, 6.45) is 0.535. The Labute approximate surface area is 116 Å². The summed E-state index contributed by atoms with van der Waals surface area (Å²) in [5, 5.41) is 3.00. The molecule has 114 valence electrons. The normalized spacial score (nSPS) is 10.7. The Morgan fingerprint density at radius 2 is 1.53 bits per heavy atom. The van der Waals surface area contributed by atoms with Gasteiger partial charge in [0.15, 0.2) is 0 Å². The van der Waals surface area contributed by atoms with Crippen molar-refractivity contribution in [2.45, 2.75) is 13.3 Å². The average molecular weight is 276 g/mol. The molecule has 0 saturated heterocycles. The number of hydrogen-bond acceptors (Lipinski definition) is 5. The minimum absolute atomic E-state index is 0.138. The van der Waals surface area contributed by atoms with Gasteiger partial charge in [-0.2, -0.15) is 0 Å². The summed E-state index contributed by atoms with van der Waals surface area (Å²) < 4.78 is 16.0. The van der Waals surface area contributed by atoms with Crippen LogP contribution in [0.5, 0.6) is 0 Å². The van der Waals surface area contributed by atoms with Crippen LogP contribution in [0.4, 0.5) is 0 Å². The third-order valence-corrected chi connectivity index (χ3v) is 2.54. The van der Waals surface area contributed by atoms with E-state index >= 15 is 0 Å². The first-order valence-corrected chi connectivity index (χ1v) is 6.84. The lowest BCUT2D eigenvalue weighted by Gasteiger charge is -2.16. The molecule has 0 atom stereocenters. The van der Waals surface area contributed by atoms with Crippen LogP contribution in [0.2, 0.25) is 0 Å². The highest BCUT2D eigenvalue weighted by atomic mass is 16.5. The molecule has 6 nitrogen and oxygen atoms in total. The number of likely N-dealkylation sites (N-methyl/N-ethyl adjacent to an activating group) is 2. The number of nitrogens with zero attached hydrogens (tertiary/aromatic N) is 1. The second-order valence-electron chi connectivity index (χ2n) is 4.11. The van der Waals surface area contributed by atoms with E-state index < -0.39 is 0 Å². The quantitative estimate of drug-likeness (QED) is 0.484. The molecule has 0 aliphatic carbocycles. The van der Waals surface area contributed by atoms with Crippen LogP contribution < -0.4 is 5.32 Å². The molecule has 0 spiro atoms. The van der Waals surface area contributed by atoms with Gasteiger partial charge >= 0.3 is 0 Å². The number of rotatable bonds is 13. The molecule has 0 aromatic heterocycles. The van der Waals surface area contributed by atoms with Crippen molar-refractivity contribution in [2.75, 3.05) is 66.8 Å². The molecule has 0 aliphatic heterocycles. The maximum Gasteiger partial charge on any atom is 0.222 e. The predicted octanol–water partition coefficient (Wildman–Crippen LogP) is 0.124. The van der Waals surface area contributed by atoms with E-state index in [0.29, 0.717) is 52.6 Å². The zero-order valence-corrected chi connectivity index (χ0v) is 12.4. The first-order chi connectivity index (χ1) is 9.22. The zero-order valence-electron chi connectivity index (χ0n) is 12.4. The van der Waals surface area contributed by atoms with Crippen LogP contribution in [0.15, 0.2) is 0 Å². The molecule has 0 fully saturated rings. The highest BCUT2D eigenvalue weighted by Gasteiger charge is 2.04. The molecule has 0 aliphatic rings. The largest absolute Gasteiger partial charge is 0.378 e. The molecule has 0 radical (unpaired) electrons. The fourth-order valence-corrected chi connectivity index (χ4v) is 1.31. The van der Waals surface area contributed by atoms with Crippen molar-refractivity contribution in [1.82, 2.24) is 10.2 Å². The molecule has 0 rings (SSSR count). The van der Waals surface area contributed by atoms with E-state index in [9.17, 15) is 4.79 Å². The number of nitrogens with one attached hydrogen (secondary N) is 1. The number of carbonyl (C=O) groups is 1. The fourth-order valence-electron chi connectivity index (χ4n) is 1.31. The Morgan fingerprint density at radius 3 is 2.05 bits per heavy atom. The van der Waals surface area contributed by atoms with Crippen molar-refractivity contribution < 1.29 is 19.0 Å². The highest BCUT2D eigenvalue weighted by molar-refractivity contribution is 5.75. The topological polar surface area (TPSA) is 60.0 Å². The molecule has 0 aromatic rings. The smallest absolute Gasteiger partial charge is 0.222 e. The SMILES string of the molecule is CCC(=O)N(C)CCOCCOCCOCCNC. The molecule has 1 N–H and O–H groups in total. The Morgan fingerprint density at radius 1 is 1.00 bits per heavy atom. The molecule has 0 aromatic carbocycles. The second kappa shape index (κ2) is 13.7. The average Bonchev–Trinajstić information content (AvgIpc) is 2.43. The van der Waals surface area contributed by atoms with Gasteiger partial charge in [0.1, 0.15) is 0 Å². The Kier molecular flexibility index (Phi) is 13.2. The Bertz CT molecular complexity index is 215. The summed E-state index contributed by atoms with van der Waals surface area (Å²) in [7, 11) is 3.68. The van der Waals surface area contributed by atoms with Gasteiger partial charge in [-0.3, -0.25) is 4.79 Å². The van der Waals surface area contributed by atoms with Gasteiger partial charge in [0.05, 0.1) is 39.6 Å². The molecule has 1 amide bonds. The van der Waals surface area contributed by atoms with Crippen LogP contribution >= 0.6 is 0 Å². The lowest BCUT2D eigenvalue weighted by atomic mass is 10.4. The molecule has 0 unspecified atom stereocenters. The van der Waals surface area contributed by atoms with E-state index in [1.54, 1.807) is 11.9 Å². The Hall–Kier alpha value is -0.690. The van der Waals surface area contributed by atoms with E-state index in [1.807, 2.05) is 14.0 Å². The van der Waals surface area contributed by atoms with Gasteiger partial charge in [0.25, 0.3) is 0 Å². The van der Waals surface area contributed by atoms with E-state index in [0.717, 1.165) is 6.54 Å². The van der Waals surface area contributed by atoms with Gasteiger partial charge in [-0.25, -0.2) is 0 Å². The van der Waals surface area contributed by atoms with Crippen LogP contribution in [0.1, 0.15) is 13.3 Å². The van der Waals surface area contributed by atoms with Gasteiger partial charge in [-0.1, -0.05) is 6.92 Å². The summed E-state index contributed by atoms with van der Waals surface area (Å²) in [6, 6.07) is 0. The van der Waals surface area contributed by atoms with Crippen molar-refractivity contribution in [3.63, 3.8) is 0 Å². The maximum absolute atomic E-state index is 11.3. The number of carbonyl (C=O) groups excluding carboxylic acids is 1. The monoisotopic (exact) mass is 276 g/mol. The van der Waals surface area contributed by atoms with E-state index in [4.69, 9.17) is 14.2 Å². The summed E-state index contributed by atoms with van der Waals surface area (Å²) in [5.74, 6) is 0.138. The number of amides is 1. The van der Waals surface area contributed by atoms with Crippen molar-refractivity contribution in [1.29, 1.82) is 0 Å². The Balaban J connectivity index is 3.12. The van der Waals surface area contributed by atoms with Crippen LogP contribution in [-0.2, 0) is 19.0 Å². The minimum Gasteiger partial charge on any atom is -0.378 e. The molecular formula is C13H28N2O4. The minimum atomic E-state index is 0.138. The van der Waals surface area contributed by atoms with Crippen LogP contribution in [0.25, 0.3) is 0 Å². The summed E-state index contributed by atoms with van der Waals surface area (Å²) >= 11 is 0. The van der Waals surface area contributed by atoms with Crippen LogP contribution in [0, 0.1) is 0 Å². The van der Waals surface area contributed by atoms with E-state index in [-0.39, 0.29) is 5.91 Å². The van der Waals surface area contributed by atoms with Crippen molar-refractivity contribution >= 4 is 5.91 Å². The highest BCUT2D eigenvalue weighted by Crippen LogP contribution is 1.89. The molecule has 0 bridgehead atoms. The first kappa shape index (κ1) is 18.3. The predicted molar refractivity (Wildman–Crippen MR) is 74.3 cm³/mol. The van der Waals surface area contributed by atoms with Crippen molar-refractivity contribution in [2.24, 2.45) is 0 Å². The summed E-state index contributed by atoms with van der Waals surface area (Å²) in [5.41, 5.74) is 0. The van der Waals surface area contributed by atoms with Gasteiger partial charge in [-0.05, 0) is 7.05 Å². The van der Waals surface area contributed by atoms with E-state index in [1.165, 1.54) is 0 Å². The fraction of sp³-hybridized carbons (Fsp3) is 0.923. The van der Waals surface area contributed by atoms with E-state index in [2.05, 4.69) is 5.32 Å². The van der Waals surface area contributed by atoms with Gasteiger partial charge in [0.2, 0.25) is 5.91 Å². The molecular weight excluding hydrogens is 248 g/mol. The molecule has 6 heteroatoms. The van der Waals surface area contributed by atoms with Gasteiger partial charge in [0, 0.05) is 26.6 Å². The standard InChI is InChI=1S/C13H28N2O4/c1-4-13(16)15(3)6-8-18-10-12-19-11-9-17-7-5-14-2/h14H,4-12H2,1-3H3. The third kappa shape index (κ3) is 12.1. The number of ether oxygens (including phenoxy) is 3. The van der Waals surface area contributed by atoms with Crippen LogP contribution in [-0.4, -0.2) is 77.6 Å². The summed E-state index contributed by atoms with van der Waals surface area (Å²) in [6.45, 7) is 6.87. The second-order valence-corrected chi connectivity index (χ2v) is 4.11.